The van der Waals surface area contributed by atoms with Gasteiger partial charge in [-0.15, -0.1) is 0 Å². The molecule has 2 N–H and O–H groups in total. The highest BCUT2D eigenvalue weighted by molar-refractivity contribution is 6.35. The van der Waals surface area contributed by atoms with Crippen molar-refractivity contribution in [2.45, 2.75) is 19.5 Å². The molecule has 30 heavy (non-hydrogen) atoms. The van der Waals surface area contributed by atoms with Crippen molar-refractivity contribution in [3.63, 3.8) is 0 Å². The zero-order valence-electron chi connectivity index (χ0n) is 17.5. The highest BCUT2D eigenvalue weighted by Gasteiger charge is 2.24. The van der Waals surface area contributed by atoms with Gasteiger partial charge >= 0.3 is 11.8 Å². The Kier molecular flexibility index (Phi) is 7.82. The van der Waals surface area contributed by atoms with Crippen molar-refractivity contribution in [3.8, 4) is 5.75 Å². The molecule has 7 heteroatoms. The molecule has 1 saturated heterocycles. The molecule has 1 fully saturated rings. The summed E-state index contributed by atoms with van der Waals surface area (Å²) < 4.78 is 10.6. The molecule has 0 bridgehead atoms. The number of hydrogen-bond acceptors (Lipinski definition) is 5. The van der Waals surface area contributed by atoms with E-state index >= 15 is 0 Å². The van der Waals surface area contributed by atoms with E-state index in [1.54, 1.807) is 7.11 Å². The molecule has 0 aliphatic carbocycles. The maximum Gasteiger partial charge on any atom is 0.309 e. The van der Waals surface area contributed by atoms with Gasteiger partial charge in [-0.25, -0.2) is 0 Å². The molecular weight excluding hydrogens is 382 g/mol. The number of methoxy groups -OCH3 is 1. The summed E-state index contributed by atoms with van der Waals surface area (Å²) in [5, 5.41) is 5.46. The number of ether oxygens (including phenoxy) is 2. The lowest BCUT2D eigenvalue weighted by molar-refractivity contribution is -0.139. The van der Waals surface area contributed by atoms with E-state index in [1.807, 2.05) is 31.2 Å². The number of nitrogens with zero attached hydrogens (tertiary/aromatic N) is 1. The van der Waals surface area contributed by atoms with Crippen LogP contribution in [0.3, 0.4) is 0 Å². The monoisotopic (exact) mass is 411 g/mol. The molecule has 0 aromatic heterocycles. The van der Waals surface area contributed by atoms with Gasteiger partial charge in [0.15, 0.2) is 0 Å². The predicted molar refractivity (Wildman–Crippen MR) is 114 cm³/mol. The highest BCUT2D eigenvalue weighted by atomic mass is 16.5. The molecule has 1 aliphatic rings. The molecule has 1 atom stereocenters. The fourth-order valence-corrected chi connectivity index (χ4v) is 3.41. The molecule has 7 nitrogen and oxygen atoms in total. The van der Waals surface area contributed by atoms with Gasteiger partial charge in [-0.05, 0) is 30.2 Å². The second-order valence-electron chi connectivity index (χ2n) is 7.32. The third-order valence-corrected chi connectivity index (χ3v) is 5.22. The summed E-state index contributed by atoms with van der Waals surface area (Å²) in [4.78, 5) is 26.9. The molecule has 3 rings (SSSR count). The van der Waals surface area contributed by atoms with E-state index in [1.165, 1.54) is 5.56 Å². The number of carbonyl (C=O) groups is 2. The Morgan fingerprint density at radius 1 is 1.00 bits per heavy atom. The van der Waals surface area contributed by atoms with Crippen LogP contribution in [0, 0.1) is 6.92 Å². The Morgan fingerprint density at radius 3 is 2.27 bits per heavy atom. The summed E-state index contributed by atoms with van der Waals surface area (Å²) in [7, 11) is 1.60. The third-order valence-electron chi connectivity index (χ3n) is 5.22. The summed E-state index contributed by atoms with van der Waals surface area (Å²) in [6.07, 6.45) is 0. The first-order valence-electron chi connectivity index (χ1n) is 10.1. The van der Waals surface area contributed by atoms with E-state index in [0.717, 1.165) is 30.0 Å². The van der Waals surface area contributed by atoms with E-state index in [0.29, 0.717) is 19.8 Å². The van der Waals surface area contributed by atoms with Crippen LogP contribution in [0.4, 0.5) is 0 Å². The average Bonchev–Trinajstić information content (AvgIpc) is 2.79. The fraction of sp³-hybridized carbons (Fsp3) is 0.391. The standard InChI is InChI=1S/C23H29N3O4/c1-17-3-7-19(8-4-17)21(26-11-13-30-14-12-26)16-25-23(28)22(27)24-15-18-5-9-20(29-2)10-6-18/h3-10,21H,11-16H2,1-2H3,(H,24,27)(H,25,28). The van der Waals surface area contributed by atoms with Crippen molar-refractivity contribution in [3.05, 3.63) is 65.2 Å². The van der Waals surface area contributed by atoms with Crippen molar-refractivity contribution in [1.82, 2.24) is 15.5 Å². The first-order chi connectivity index (χ1) is 14.6. The van der Waals surface area contributed by atoms with Gasteiger partial charge in [0.1, 0.15) is 5.75 Å². The second kappa shape index (κ2) is 10.8. The van der Waals surface area contributed by atoms with Gasteiger partial charge in [0.25, 0.3) is 0 Å². The van der Waals surface area contributed by atoms with Crippen molar-refractivity contribution in [2.24, 2.45) is 0 Å². The first-order valence-corrected chi connectivity index (χ1v) is 10.1. The SMILES string of the molecule is COc1ccc(CNC(=O)C(=O)NCC(c2ccc(C)cc2)N2CCOCC2)cc1. The summed E-state index contributed by atoms with van der Waals surface area (Å²) >= 11 is 0. The lowest BCUT2D eigenvalue weighted by atomic mass is 10.0. The van der Waals surface area contributed by atoms with Gasteiger partial charge in [0, 0.05) is 26.2 Å². The van der Waals surface area contributed by atoms with Crippen molar-refractivity contribution >= 4 is 11.8 Å². The second-order valence-corrected chi connectivity index (χ2v) is 7.32. The summed E-state index contributed by atoms with van der Waals surface area (Å²) in [6.45, 7) is 5.59. The minimum atomic E-state index is -0.643. The quantitative estimate of drug-likeness (QED) is 0.680. The Balaban J connectivity index is 1.55. The topological polar surface area (TPSA) is 79.9 Å². The molecule has 1 aliphatic heterocycles. The van der Waals surface area contributed by atoms with Crippen LogP contribution in [-0.2, 0) is 20.9 Å². The lowest BCUT2D eigenvalue weighted by Gasteiger charge is -2.35. The molecular formula is C23H29N3O4. The molecule has 1 unspecified atom stereocenters. The van der Waals surface area contributed by atoms with Crippen LogP contribution < -0.4 is 15.4 Å². The van der Waals surface area contributed by atoms with Crippen LogP contribution in [0.25, 0.3) is 0 Å². The number of morpholine rings is 1. The fourth-order valence-electron chi connectivity index (χ4n) is 3.41. The maximum absolute atomic E-state index is 12.4. The lowest BCUT2D eigenvalue weighted by Crippen LogP contribution is -2.46. The van der Waals surface area contributed by atoms with E-state index in [-0.39, 0.29) is 12.6 Å². The normalized spacial score (nSPS) is 15.3. The van der Waals surface area contributed by atoms with E-state index in [4.69, 9.17) is 9.47 Å². The van der Waals surface area contributed by atoms with E-state index < -0.39 is 11.8 Å². The van der Waals surface area contributed by atoms with E-state index in [2.05, 4.69) is 39.8 Å². The number of carbonyl (C=O) groups excluding carboxylic acids is 2. The van der Waals surface area contributed by atoms with Gasteiger partial charge in [-0.3, -0.25) is 14.5 Å². The number of nitrogens with one attached hydrogen (secondary N) is 2. The molecule has 0 saturated carbocycles. The van der Waals surface area contributed by atoms with E-state index in [9.17, 15) is 9.59 Å². The number of hydrogen-bond donors (Lipinski definition) is 2. The Labute approximate surface area is 177 Å². The van der Waals surface area contributed by atoms with Gasteiger partial charge in [-0.1, -0.05) is 42.0 Å². The minimum absolute atomic E-state index is 0.00663. The number of amides is 2. The van der Waals surface area contributed by atoms with Crippen LogP contribution in [0.1, 0.15) is 22.7 Å². The first kappa shape index (κ1) is 21.8. The Morgan fingerprint density at radius 2 is 1.63 bits per heavy atom. The smallest absolute Gasteiger partial charge is 0.309 e. The molecule has 2 aromatic rings. The maximum atomic E-state index is 12.4. The number of benzene rings is 2. The molecule has 160 valence electrons. The van der Waals surface area contributed by atoms with Crippen LogP contribution in [0.5, 0.6) is 5.75 Å². The van der Waals surface area contributed by atoms with Crippen molar-refractivity contribution in [1.29, 1.82) is 0 Å². The average molecular weight is 412 g/mol. The van der Waals surface area contributed by atoms with Crippen molar-refractivity contribution < 1.29 is 19.1 Å². The summed E-state index contributed by atoms with van der Waals surface area (Å²) in [6, 6.07) is 15.6. The zero-order chi connectivity index (χ0) is 21.3. The number of aryl methyl sites for hydroxylation is 1. The molecule has 2 amide bonds. The Hall–Kier alpha value is -2.90. The van der Waals surface area contributed by atoms with Crippen LogP contribution >= 0.6 is 0 Å². The van der Waals surface area contributed by atoms with Crippen molar-refractivity contribution in [2.75, 3.05) is 40.0 Å². The highest BCUT2D eigenvalue weighted by Crippen LogP contribution is 2.21. The van der Waals surface area contributed by atoms with Crippen LogP contribution in [0.15, 0.2) is 48.5 Å². The minimum Gasteiger partial charge on any atom is -0.497 e. The van der Waals surface area contributed by atoms with Gasteiger partial charge in [-0.2, -0.15) is 0 Å². The molecule has 0 radical (unpaired) electrons. The van der Waals surface area contributed by atoms with Gasteiger partial charge in [0.2, 0.25) is 0 Å². The van der Waals surface area contributed by atoms with Gasteiger partial charge in [0.05, 0.1) is 26.4 Å². The zero-order valence-corrected chi connectivity index (χ0v) is 17.5. The van der Waals surface area contributed by atoms with Gasteiger partial charge < -0.3 is 20.1 Å². The largest absolute Gasteiger partial charge is 0.497 e. The molecule has 0 spiro atoms. The van der Waals surface area contributed by atoms with Crippen LogP contribution in [-0.4, -0.2) is 56.7 Å². The number of rotatable bonds is 7. The summed E-state index contributed by atoms with van der Waals surface area (Å²) in [5.74, 6) is -0.530. The Bertz CT molecular complexity index is 831. The molecule has 1 heterocycles. The third kappa shape index (κ3) is 6.05. The van der Waals surface area contributed by atoms with Crippen LogP contribution in [0.2, 0.25) is 0 Å². The predicted octanol–water partition coefficient (Wildman–Crippen LogP) is 1.81. The summed E-state index contributed by atoms with van der Waals surface area (Å²) in [5.41, 5.74) is 3.19. The molecule has 2 aromatic carbocycles.